The van der Waals surface area contributed by atoms with Gasteiger partial charge in [-0.15, -0.1) is 10.2 Å². The summed E-state index contributed by atoms with van der Waals surface area (Å²) in [6.45, 7) is 4.18. The van der Waals surface area contributed by atoms with Crippen LogP contribution in [0, 0.1) is 6.92 Å². The summed E-state index contributed by atoms with van der Waals surface area (Å²) in [6.07, 6.45) is 1.82. The molecule has 0 fully saturated rings. The summed E-state index contributed by atoms with van der Waals surface area (Å²) < 4.78 is 1.94. The van der Waals surface area contributed by atoms with E-state index in [1.165, 1.54) is 17.3 Å². The van der Waals surface area contributed by atoms with Gasteiger partial charge >= 0.3 is 0 Å². The predicted molar refractivity (Wildman–Crippen MR) is 112 cm³/mol. The zero-order chi connectivity index (χ0) is 19.5. The molecular weight excluding hydrogens is 370 g/mol. The molecule has 2 N–H and O–H groups in total. The summed E-state index contributed by atoms with van der Waals surface area (Å²) in [5.74, 6) is 0.838. The van der Waals surface area contributed by atoms with Crippen LogP contribution in [0.2, 0.25) is 0 Å². The molecule has 2 heterocycles. The number of aromatic nitrogens is 3. The Morgan fingerprint density at radius 2 is 1.89 bits per heavy atom. The molecule has 2 aromatic carbocycles. The minimum absolute atomic E-state index is 0.0550. The molecule has 144 valence electrons. The van der Waals surface area contributed by atoms with Gasteiger partial charge in [0.05, 0.1) is 6.04 Å². The number of aryl methyl sites for hydroxylation is 2. The summed E-state index contributed by atoms with van der Waals surface area (Å²) in [5, 5.41) is 12.0. The zero-order valence-electron chi connectivity index (χ0n) is 15.9. The fourth-order valence-corrected chi connectivity index (χ4v) is 4.34. The second-order valence-corrected chi connectivity index (χ2v) is 8.00. The van der Waals surface area contributed by atoms with Crippen molar-refractivity contribution in [3.8, 4) is 0 Å². The predicted octanol–water partition coefficient (Wildman–Crippen LogP) is 3.94. The first kappa shape index (κ1) is 18.6. The Morgan fingerprint density at radius 3 is 2.61 bits per heavy atom. The summed E-state index contributed by atoms with van der Waals surface area (Å²) in [6, 6.07) is 17.6. The molecule has 0 radical (unpaired) electrons. The lowest BCUT2D eigenvalue weighted by Crippen LogP contribution is -2.41. The first-order valence-electron chi connectivity index (χ1n) is 9.45. The van der Waals surface area contributed by atoms with Crippen LogP contribution < -0.4 is 10.7 Å². The van der Waals surface area contributed by atoms with Crippen molar-refractivity contribution in [2.45, 2.75) is 43.1 Å². The molecule has 0 aliphatic carbocycles. The lowest BCUT2D eigenvalue weighted by atomic mass is 10.0. The van der Waals surface area contributed by atoms with Crippen molar-refractivity contribution in [2.24, 2.45) is 0 Å². The molecule has 1 amide bonds. The highest BCUT2D eigenvalue weighted by Crippen LogP contribution is 2.37. The summed E-state index contributed by atoms with van der Waals surface area (Å²) in [5.41, 5.74) is 6.53. The third kappa shape index (κ3) is 3.75. The summed E-state index contributed by atoms with van der Waals surface area (Å²) in [4.78, 5) is 13.1. The van der Waals surface area contributed by atoms with E-state index in [1.54, 1.807) is 0 Å². The highest BCUT2D eigenvalue weighted by Gasteiger charge is 2.37. The molecule has 1 aliphatic heterocycles. The van der Waals surface area contributed by atoms with E-state index in [4.69, 9.17) is 0 Å². The molecule has 0 spiro atoms. The zero-order valence-corrected chi connectivity index (χ0v) is 16.7. The van der Waals surface area contributed by atoms with Crippen LogP contribution >= 0.6 is 11.8 Å². The van der Waals surface area contributed by atoms with E-state index in [2.05, 4.69) is 59.1 Å². The average molecular weight is 394 g/mol. The van der Waals surface area contributed by atoms with Gasteiger partial charge < -0.3 is 10.7 Å². The topological polar surface area (TPSA) is 71.8 Å². The Morgan fingerprint density at radius 1 is 1.14 bits per heavy atom. The van der Waals surface area contributed by atoms with Gasteiger partial charge in [0, 0.05) is 12.1 Å². The smallest absolute Gasteiger partial charge is 0.240 e. The minimum atomic E-state index is -0.367. The van der Waals surface area contributed by atoms with E-state index >= 15 is 0 Å². The Bertz CT molecular complexity index is 955. The highest BCUT2D eigenvalue weighted by molar-refractivity contribution is 8.00. The number of fused-ring (bicyclic) bond motifs is 1. The van der Waals surface area contributed by atoms with E-state index in [1.807, 2.05) is 35.0 Å². The lowest BCUT2D eigenvalue weighted by Gasteiger charge is -2.33. The number of para-hydroxylation sites is 1. The summed E-state index contributed by atoms with van der Waals surface area (Å²) in [7, 11) is 0. The van der Waals surface area contributed by atoms with Crippen molar-refractivity contribution in [1.29, 1.82) is 0 Å². The maximum absolute atomic E-state index is 13.1. The number of hydrogen-bond acceptors (Lipinski definition) is 5. The Kier molecular flexibility index (Phi) is 5.34. The quantitative estimate of drug-likeness (QED) is 0.687. The Hall–Kier alpha value is -2.80. The highest BCUT2D eigenvalue weighted by atomic mass is 32.2. The van der Waals surface area contributed by atoms with Gasteiger partial charge in [0.15, 0.2) is 5.82 Å². The van der Waals surface area contributed by atoms with Crippen molar-refractivity contribution in [3.63, 3.8) is 0 Å². The molecule has 28 heavy (non-hydrogen) atoms. The number of rotatable bonds is 5. The number of nitrogens with one attached hydrogen (secondary N) is 2. The Labute approximate surface area is 168 Å². The van der Waals surface area contributed by atoms with E-state index in [0.29, 0.717) is 0 Å². The molecular formula is C21H23N5OS. The number of nitrogens with zero attached hydrogens (tertiary/aromatic N) is 3. The monoisotopic (exact) mass is 393 g/mol. The van der Waals surface area contributed by atoms with Gasteiger partial charge in [-0.25, -0.2) is 4.68 Å². The van der Waals surface area contributed by atoms with Gasteiger partial charge in [-0.3, -0.25) is 4.79 Å². The van der Waals surface area contributed by atoms with Crippen LogP contribution in [0.1, 0.15) is 36.3 Å². The first-order chi connectivity index (χ1) is 13.7. The number of thioether (sulfide) groups is 1. The molecule has 4 rings (SSSR count). The fourth-order valence-electron chi connectivity index (χ4n) is 3.24. The fraction of sp³-hybridized carbons (Fsp3) is 0.286. The minimum Gasteiger partial charge on any atom is -0.325 e. The number of benzene rings is 2. The van der Waals surface area contributed by atoms with Gasteiger partial charge in [0.2, 0.25) is 11.1 Å². The second-order valence-electron chi connectivity index (χ2n) is 6.90. The molecule has 6 nitrogen and oxygen atoms in total. The largest absolute Gasteiger partial charge is 0.325 e. The van der Waals surface area contributed by atoms with Gasteiger partial charge in [0.1, 0.15) is 5.25 Å². The van der Waals surface area contributed by atoms with Crippen LogP contribution in [0.25, 0.3) is 0 Å². The molecule has 3 aromatic rings. The first-order valence-corrected chi connectivity index (χ1v) is 10.3. The molecule has 2 atom stereocenters. The third-order valence-corrected chi connectivity index (χ3v) is 5.93. The van der Waals surface area contributed by atoms with E-state index in [-0.39, 0.29) is 17.2 Å². The maximum Gasteiger partial charge on any atom is 0.240 e. The standard InChI is InChI=1S/C21H23N5OS/c1-3-7-17-23-24-21-26(17)25-18(15-12-10-14(2)11-13-15)19(28-21)20(27)22-16-8-5-4-6-9-16/h4-6,8-13,18-19,25H,3,7H2,1-2H3,(H,22,27)/t18-,19+/m0/s1. The lowest BCUT2D eigenvalue weighted by molar-refractivity contribution is -0.116. The number of hydrogen-bond donors (Lipinski definition) is 2. The SMILES string of the molecule is CCCc1nnc2n1N[C@@H](c1ccc(C)cc1)[C@H](C(=O)Nc1ccccc1)S2. The van der Waals surface area contributed by atoms with Crippen molar-refractivity contribution in [3.05, 3.63) is 71.5 Å². The van der Waals surface area contributed by atoms with Crippen molar-refractivity contribution < 1.29 is 4.79 Å². The van der Waals surface area contributed by atoms with Gasteiger partial charge in [-0.05, 0) is 31.0 Å². The van der Waals surface area contributed by atoms with Crippen molar-refractivity contribution in [1.82, 2.24) is 14.9 Å². The van der Waals surface area contributed by atoms with Crippen LogP contribution in [-0.2, 0) is 11.2 Å². The number of amides is 1. The molecule has 0 unspecified atom stereocenters. The number of carbonyl (C=O) groups excluding carboxylic acids is 1. The van der Waals surface area contributed by atoms with Crippen LogP contribution in [0.3, 0.4) is 0 Å². The number of anilines is 1. The molecule has 7 heteroatoms. The van der Waals surface area contributed by atoms with Crippen LogP contribution in [0.15, 0.2) is 59.8 Å². The van der Waals surface area contributed by atoms with Crippen LogP contribution in [0.5, 0.6) is 0 Å². The van der Waals surface area contributed by atoms with Crippen LogP contribution in [-0.4, -0.2) is 26.0 Å². The van der Waals surface area contributed by atoms with Gasteiger partial charge in [-0.1, -0.05) is 66.7 Å². The maximum atomic E-state index is 13.1. The van der Waals surface area contributed by atoms with Crippen molar-refractivity contribution >= 4 is 23.4 Å². The van der Waals surface area contributed by atoms with Crippen LogP contribution in [0.4, 0.5) is 5.69 Å². The van der Waals surface area contributed by atoms with Gasteiger partial charge in [-0.2, -0.15) is 0 Å². The van der Waals surface area contributed by atoms with Crippen molar-refractivity contribution in [2.75, 3.05) is 10.7 Å². The molecule has 0 saturated carbocycles. The normalized spacial score (nSPS) is 18.2. The van der Waals surface area contributed by atoms with E-state index in [0.717, 1.165) is 35.1 Å². The second kappa shape index (κ2) is 8.06. The third-order valence-electron chi connectivity index (χ3n) is 4.71. The molecule has 1 aliphatic rings. The molecule has 0 saturated heterocycles. The van der Waals surface area contributed by atoms with E-state index < -0.39 is 0 Å². The average Bonchev–Trinajstić information content (AvgIpc) is 3.11. The number of carbonyl (C=O) groups is 1. The Balaban J connectivity index is 1.66. The molecule has 0 bridgehead atoms. The van der Waals surface area contributed by atoms with E-state index in [9.17, 15) is 4.79 Å². The molecule has 1 aromatic heterocycles. The summed E-state index contributed by atoms with van der Waals surface area (Å²) >= 11 is 1.45. The van der Waals surface area contributed by atoms with Gasteiger partial charge in [0.25, 0.3) is 0 Å².